The molecule has 7 heteroatoms. The van der Waals surface area contributed by atoms with E-state index in [1.807, 2.05) is 0 Å². The van der Waals surface area contributed by atoms with E-state index in [9.17, 15) is 10.2 Å². The van der Waals surface area contributed by atoms with Crippen molar-refractivity contribution in [2.24, 2.45) is 0 Å². The molecule has 1 aliphatic carbocycles. The third-order valence-electron chi connectivity index (χ3n) is 14.5. The van der Waals surface area contributed by atoms with Crippen LogP contribution in [0.25, 0.3) is 0 Å². The number of phenolic OH excluding ortho intramolecular Hbond substituents is 2. The zero-order valence-corrected chi connectivity index (χ0v) is 44.0. The van der Waals surface area contributed by atoms with Gasteiger partial charge in [-0.25, -0.2) is 0 Å². The van der Waals surface area contributed by atoms with E-state index >= 15 is 0 Å². The van der Waals surface area contributed by atoms with Gasteiger partial charge in [0.25, 0.3) is 0 Å². The fourth-order valence-corrected chi connectivity index (χ4v) is 46.5. The molecule has 4 rings (SSSR count). The fourth-order valence-electron chi connectivity index (χ4n) is 11.9. The molecule has 0 bridgehead atoms. The second kappa shape index (κ2) is 18.2. The summed E-state index contributed by atoms with van der Waals surface area (Å²) in [6.07, 6.45) is 8.19. The summed E-state index contributed by atoms with van der Waals surface area (Å²) in [6.45, 7) is 43.5. The van der Waals surface area contributed by atoms with Crippen LogP contribution in [0.4, 0.5) is 0 Å². The molecule has 3 unspecified atom stereocenters. The number of hydrogen-bond donors (Lipinski definition) is 2. The molecule has 0 saturated heterocycles. The van der Waals surface area contributed by atoms with E-state index in [2.05, 4.69) is 149 Å². The molecular formula is C48H84O2S2Si2Ti. The summed E-state index contributed by atoms with van der Waals surface area (Å²) in [5, 5.41) is 29.5. The first kappa shape index (κ1) is 47.6. The van der Waals surface area contributed by atoms with E-state index in [0.29, 0.717) is 60.7 Å². The SMILES string of the molecule is CC(C)[Si](c1cc(C(C)(C)C)cc(C[S]2=[Ti]=[S](Cc3cc(C(C)(C)C)cc([Si](C(C)C)(C(C)C)C(C)C)c3O)[C@H]3CCCCCCC32)c1O)(C(C)C)C(C)C. The van der Waals surface area contributed by atoms with E-state index < -0.39 is 16.1 Å². The molecule has 1 aliphatic heterocycles. The molecule has 2 nitrogen and oxygen atoms in total. The summed E-state index contributed by atoms with van der Waals surface area (Å²) in [5.41, 5.74) is 8.71. The fraction of sp³-hybridized carbons (Fsp3) is 0.750. The molecule has 312 valence electrons. The number of fused-ring (bicyclic) bond motifs is 1. The number of phenols is 2. The van der Waals surface area contributed by atoms with Crippen molar-refractivity contribution in [1.29, 1.82) is 0 Å². The van der Waals surface area contributed by atoms with Gasteiger partial charge in [-0.15, -0.1) is 0 Å². The van der Waals surface area contributed by atoms with E-state index in [0.717, 1.165) is 22.0 Å². The Morgan fingerprint density at radius 2 is 0.818 bits per heavy atom. The molecule has 2 N–H and O–H groups in total. The van der Waals surface area contributed by atoms with Crippen molar-refractivity contribution >= 4 is 42.5 Å². The van der Waals surface area contributed by atoms with Gasteiger partial charge >= 0.3 is 355 Å². The molecule has 2 aliphatic rings. The van der Waals surface area contributed by atoms with Gasteiger partial charge in [-0.05, 0) is 0 Å². The minimum absolute atomic E-state index is 0.0260. The number of aromatic hydroxyl groups is 2. The standard InChI is InChI=1S/C48H84O2S2Si2.Ti/c1-31(2)53(32(3)4,33(5)6)43-27-39(47(13,14)15)25-37(45(43)49)29-51-41-23-21-19-20-22-24-42(41)52-30-38-26-40(48(16,17)18)28-44(46(38)50)54(34(7)8,35(9)10)36(11)12;/h25-28,31-36,41-42,49-50H,19-24,29-30H2,1-18H3;/t41-,42?;/m0./s1. The normalized spacial score (nSPS) is 21.7. The average molecular weight is 861 g/mol. The summed E-state index contributed by atoms with van der Waals surface area (Å²) in [7, 11) is -3.55. The van der Waals surface area contributed by atoms with Gasteiger partial charge in [0.05, 0.1) is 0 Å². The Labute approximate surface area is 352 Å². The molecule has 1 heterocycles. The zero-order chi connectivity index (χ0) is 41.6. The summed E-state index contributed by atoms with van der Waals surface area (Å²) in [5.74, 6) is 3.47. The molecule has 0 spiro atoms. The Balaban J connectivity index is 2.00. The van der Waals surface area contributed by atoms with Crippen LogP contribution in [0.2, 0.25) is 33.2 Å². The molecule has 55 heavy (non-hydrogen) atoms. The van der Waals surface area contributed by atoms with Crippen LogP contribution in [-0.2, 0) is 37.8 Å². The van der Waals surface area contributed by atoms with Crippen molar-refractivity contribution in [2.75, 3.05) is 0 Å². The summed E-state index contributed by atoms with van der Waals surface area (Å²) in [4.78, 5) is 0. The van der Waals surface area contributed by atoms with Gasteiger partial charge in [0.1, 0.15) is 0 Å². The van der Waals surface area contributed by atoms with Gasteiger partial charge < -0.3 is 0 Å². The van der Waals surface area contributed by atoms with Gasteiger partial charge in [-0.1, -0.05) is 0 Å². The summed E-state index contributed by atoms with van der Waals surface area (Å²) >= 11 is -0.307. The second-order valence-corrected chi connectivity index (χ2v) is 44.8. The molecule has 0 amide bonds. The van der Waals surface area contributed by atoms with Crippen LogP contribution in [0.15, 0.2) is 24.3 Å². The van der Waals surface area contributed by atoms with Crippen LogP contribution in [0.1, 0.15) is 185 Å². The Morgan fingerprint density at radius 1 is 0.527 bits per heavy atom. The van der Waals surface area contributed by atoms with Crippen molar-refractivity contribution in [1.82, 2.24) is 0 Å². The van der Waals surface area contributed by atoms with Gasteiger partial charge in [0, 0.05) is 0 Å². The molecule has 2 aromatic rings. The summed E-state index contributed by atoms with van der Waals surface area (Å²) in [6, 6.07) is 9.84. The van der Waals surface area contributed by atoms with Crippen LogP contribution in [-0.4, -0.2) is 36.9 Å². The number of hydrogen-bond acceptors (Lipinski definition) is 2. The zero-order valence-electron chi connectivity index (χ0n) is 38.8. The molecule has 1 fully saturated rings. The third kappa shape index (κ3) is 9.30. The van der Waals surface area contributed by atoms with E-state index in [-0.39, 0.29) is 26.3 Å². The van der Waals surface area contributed by atoms with Crippen LogP contribution >= 0.6 is 15.9 Å². The van der Waals surface area contributed by atoms with Crippen LogP contribution in [0.3, 0.4) is 0 Å². The predicted molar refractivity (Wildman–Crippen MR) is 253 cm³/mol. The Morgan fingerprint density at radius 3 is 1.07 bits per heavy atom. The molecular weight excluding hydrogens is 777 g/mol. The number of benzene rings is 2. The van der Waals surface area contributed by atoms with Gasteiger partial charge in [0.15, 0.2) is 0 Å². The van der Waals surface area contributed by atoms with E-state index in [1.165, 1.54) is 71.2 Å². The van der Waals surface area contributed by atoms with Crippen molar-refractivity contribution in [3.8, 4) is 11.5 Å². The van der Waals surface area contributed by atoms with Crippen molar-refractivity contribution in [3.05, 3.63) is 46.5 Å². The van der Waals surface area contributed by atoms with E-state index in [4.69, 9.17) is 0 Å². The Kier molecular flexibility index (Phi) is 15.8. The Hall–Kier alpha value is -0.112. The maximum atomic E-state index is 12.6. The van der Waals surface area contributed by atoms with Crippen LogP contribution < -0.4 is 10.4 Å². The molecule has 2 aromatic carbocycles. The third-order valence-corrected chi connectivity index (χ3v) is 44.5. The first-order chi connectivity index (χ1) is 25.3. The second-order valence-electron chi connectivity index (χ2n) is 21.7. The van der Waals surface area contributed by atoms with Gasteiger partial charge in [-0.2, -0.15) is 0 Å². The van der Waals surface area contributed by atoms with Gasteiger partial charge in [0.2, 0.25) is 0 Å². The van der Waals surface area contributed by atoms with Crippen LogP contribution in [0.5, 0.6) is 11.5 Å². The molecule has 4 atom stereocenters. The van der Waals surface area contributed by atoms with Crippen molar-refractivity contribution in [3.63, 3.8) is 0 Å². The van der Waals surface area contributed by atoms with E-state index in [1.54, 1.807) is 0 Å². The quantitative estimate of drug-likeness (QED) is 0.209. The molecule has 0 aromatic heterocycles. The summed E-state index contributed by atoms with van der Waals surface area (Å²) < 4.78 is 0. The first-order valence-corrected chi connectivity index (χ1v) is 33.4. The number of rotatable bonds is 12. The Bertz CT molecular complexity index is 1570. The molecule has 1 saturated carbocycles. The van der Waals surface area contributed by atoms with Crippen LogP contribution in [0, 0.1) is 0 Å². The van der Waals surface area contributed by atoms with Gasteiger partial charge in [-0.3, -0.25) is 0 Å². The minimum atomic E-state index is -2.09. The monoisotopic (exact) mass is 860 g/mol. The maximum absolute atomic E-state index is 12.6. The van der Waals surface area contributed by atoms with Crippen molar-refractivity contribution in [2.45, 2.75) is 229 Å². The topological polar surface area (TPSA) is 40.5 Å². The van der Waals surface area contributed by atoms with Crippen molar-refractivity contribution < 1.29 is 25.7 Å². The first-order valence-electron chi connectivity index (χ1n) is 22.2. The molecule has 0 radical (unpaired) electrons. The predicted octanol–water partition coefficient (Wildman–Crippen LogP) is 14.7. The average Bonchev–Trinajstić information content (AvgIpc) is 3.32.